The molecule has 0 unspecified atom stereocenters. The van der Waals surface area contributed by atoms with Gasteiger partial charge in [0.05, 0.1) is 5.02 Å². The van der Waals surface area contributed by atoms with Gasteiger partial charge < -0.3 is 5.32 Å². The number of nitrogens with zero attached hydrogens (tertiary/aromatic N) is 3. The van der Waals surface area contributed by atoms with Gasteiger partial charge in [-0.1, -0.05) is 29.3 Å². The second kappa shape index (κ2) is 6.25. The molecule has 0 aliphatic carbocycles. The molecule has 110 valence electrons. The molecule has 0 radical (unpaired) electrons. The monoisotopic (exact) mass is 334 g/mol. The maximum absolute atomic E-state index is 13.5. The molecule has 7 heteroatoms. The van der Waals surface area contributed by atoms with Crippen molar-refractivity contribution in [2.45, 2.75) is 0 Å². The molecule has 3 rings (SSSR count). The van der Waals surface area contributed by atoms with Crippen LogP contribution >= 0.6 is 23.2 Å². The third-order valence-corrected chi connectivity index (χ3v) is 3.28. The van der Waals surface area contributed by atoms with Crippen molar-refractivity contribution >= 4 is 34.7 Å². The highest BCUT2D eigenvalue weighted by molar-refractivity contribution is 6.30. The summed E-state index contributed by atoms with van der Waals surface area (Å²) in [5.41, 5.74) is 1.10. The highest BCUT2D eigenvalue weighted by Gasteiger charge is 2.08. The van der Waals surface area contributed by atoms with E-state index in [0.29, 0.717) is 23.0 Å². The number of aromatic nitrogens is 3. The third kappa shape index (κ3) is 3.32. The molecule has 1 aromatic carbocycles. The summed E-state index contributed by atoms with van der Waals surface area (Å²) in [6, 6.07) is 11.3. The van der Waals surface area contributed by atoms with Crippen LogP contribution in [-0.4, -0.2) is 15.0 Å². The van der Waals surface area contributed by atoms with Gasteiger partial charge in [0.25, 0.3) is 0 Å². The summed E-state index contributed by atoms with van der Waals surface area (Å²) in [6.07, 6.45) is 1.64. The zero-order chi connectivity index (χ0) is 15.5. The van der Waals surface area contributed by atoms with Crippen molar-refractivity contribution in [1.29, 1.82) is 0 Å². The van der Waals surface area contributed by atoms with E-state index in [1.807, 2.05) is 6.07 Å². The standard InChI is InChI=1S/C15H9Cl2FN4/c16-10-5-4-9(7-11(10)18)20-14-8-13(17)21-15(22-14)12-3-1-2-6-19-12/h1-8H,(H,20,21,22). The average molecular weight is 335 g/mol. The van der Waals surface area contributed by atoms with Gasteiger partial charge in [0.15, 0.2) is 5.82 Å². The Bertz CT molecular complexity index is 812. The number of rotatable bonds is 3. The minimum atomic E-state index is -0.517. The molecule has 3 aromatic rings. The lowest BCUT2D eigenvalue weighted by Gasteiger charge is -2.08. The van der Waals surface area contributed by atoms with Gasteiger partial charge in [-0.15, -0.1) is 0 Å². The van der Waals surface area contributed by atoms with E-state index in [9.17, 15) is 4.39 Å². The molecule has 0 saturated heterocycles. The van der Waals surface area contributed by atoms with Crippen LogP contribution in [0.4, 0.5) is 15.9 Å². The molecule has 0 amide bonds. The quantitative estimate of drug-likeness (QED) is 0.703. The summed E-state index contributed by atoms with van der Waals surface area (Å²) in [7, 11) is 0. The van der Waals surface area contributed by atoms with Crippen molar-refractivity contribution in [3.05, 3.63) is 64.7 Å². The molecule has 0 saturated carbocycles. The minimum Gasteiger partial charge on any atom is -0.340 e. The topological polar surface area (TPSA) is 50.7 Å². The zero-order valence-corrected chi connectivity index (χ0v) is 12.6. The number of benzene rings is 1. The van der Waals surface area contributed by atoms with Crippen molar-refractivity contribution in [2.75, 3.05) is 5.32 Å². The van der Waals surface area contributed by atoms with E-state index in [-0.39, 0.29) is 10.2 Å². The predicted molar refractivity (Wildman–Crippen MR) is 85.0 cm³/mol. The number of halogens is 3. The van der Waals surface area contributed by atoms with Crippen LogP contribution < -0.4 is 5.32 Å². The van der Waals surface area contributed by atoms with Crippen molar-refractivity contribution < 1.29 is 4.39 Å². The SMILES string of the molecule is Fc1cc(Nc2cc(Cl)nc(-c3ccccn3)n2)ccc1Cl. The van der Waals surface area contributed by atoms with Gasteiger partial charge in [0.1, 0.15) is 22.5 Å². The Morgan fingerprint density at radius 2 is 1.86 bits per heavy atom. The van der Waals surface area contributed by atoms with Crippen LogP contribution in [0.1, 0.15) is 0 Å². The fourth-order valence-electron chi connectivity index (χ4n) is 1.81. The van der Waals surface area contributed by atoms with Crippen molar-refractivity contribution in [2.24, 2.45) is 0 Å². The highest BCUT2D eigenvalue weighted by atomic mass is 35.5. The Morgan fingerprint density at radius 3 is 2.59 bits per heavy atom. The molecule has 0 aliphatic heterocycles. The fourth-order valence-corrected chi connectivity index (χ4v) is 2.11. The maximum Gasteiger partial charge on any atom is 0.181 e. The molecule has 0 spiro atoms. The molecule has 1 N–H and O–H groups in total. The van der Waals surface area contributed by atoms with Crippen LogP contribution in [0.25, 0.3) is 11.5 Å². The highest BCUT2D eigenvalue weighted by Crippen LogP contribution is 2.24. The Labute approximate surface area is 136 Å². The molecule has 0 atom stereocenters. The first-order valence-corrected chi connectivity index (χ1v) is 7.05. The molecule has 0 aliphatic rings. The number of nitrogens with one attached hydrogen (secondary N) is 1. The Kier molecular flexibility index (Phi) is 4.18. The molecule has 2 aromatic heterocycles. The van der Waals surface area contributed by atoms with E-state index in [0.717, 1.165) is 0 Å². The van der Waals surface area contributed by atoms with Crippen LogP contribution in [0.3, 0.4) is 0 Å². The van der Waals surface area contributed by atoms with E-state index in [2.05, 4.69) is 20.3 Å². The lowest BCUT2D eigenvalue weighted by molar-refractivity contribution is 0.629. The first-order valence-electron chi connectivity index (χ1n) is 6.30. The molecular formula is C15H9Cl2FN4. The van der Waals surface area contributed by atoms with E-state index < -0.39 is 5.82 Å². The van der Waals surface area contributed by atoms with Gasteiger partial charge in [-0.3, -0.25) is 4.98 Å². The van der Waals surface area contributed by atoms with Gasteiger partial charge in [0, 0.05) is 18.0 Å². The normalized spacial score (nSPS) is 10.5. The number of anilines is 2. The largest absolute Gasteiger partial charge is 0.340 e. The van der Waals surface area contributed by atoms with Crippen LogP contribution in [-0.2, 0) is 0 Å². The summed E-state index contributed by atoms with van der Waals surface area (Å²) in [6.45, 7) is 0. The Morgan fingerprint density at radius 1 is 1.00 bits per heavy atom. The van der Waals surface area contributed by atoms with Crippen LogP contribution in [0, 0.1) is 5.82 Å². The van der Waals surface area contributed by atoms with E-state index >= 15 is 0 Å². The van der Waals surface area contributed by atoms with E-state index in [1.54, 1.807) is 30.5 Å². The van der Waals surface area contributed by atoms with Crippen molar-refractivity contribution in [3.63, 3.8) is 0 Å². The molecule has 2 heterocycles. The van der Waals surface area contributed by atoms with Gasteiger partial charge in [-0.05, 0) is 30.3 Å². The average Bonchev–Trinajstić information content (AvgIpc) is 2.51. The summed E-state index contributed by atoms with van der Waals surface area (Å²) in [5, 5.41) is 3.27. The lowest BCUT2D eigenvalue weighted by atomic mass is 10.3. The number of pyridine rings is 1. The van der Waals surface area contributed by atoms with E-state index in [1.165, 1.54) is 12.1 Å². The van der Waals surface area contributed by atoms with Gasteiger partial charge in [-0.2, -0.15) is 0 Å². The van der Waals surface area contributed by atoms with Crippen LogP contribution in [0.2, 0.25) is 10.2 Å². The maximum atomic E-state index is 13.5. The first-order chi connectivity index (χ1) is 10.6. The van der Waals surface area contributed by atoms with Crippen molar-refractivity contribution in [1.82, 2.24) is 15.0 Å². The molecule has 0 bridgehead atoms. The van der Waals surface area contributed by atoms with Gasteiger partial charge in [0.2, 0.25) is 0 Å². The zero-order valence-electron chi connectivity index (χ0n) is 11.1. The van der Waals surface area contributed by atoms with Crippen LogP contribution in [0.15, 0.2) is 48.7 Å². The van der Waals surface area contributed by atoms with E-state index in [4.69, 9.17) is 23.2 Å². The molecule has 22 heavy (non-hydrogen) atoms. The first kappa shape index (κ1) is 14.7. The summed E-state index contributed by atoms with van der Waals surface area (Å²) in [4.78, 5) is 12.6. The Balaban J connectivity index is 1.94. The van der Waals surface area contributed by atoms with Crippen molar-refractivity contribution in [3.8, 4) is 11.5 Å². The number of hydrogen-bond acceptors (Lipinski definition) is 4. The summed E-state index contributed by atoms with van der Waals surface area (Å²) < 4.78 is 13.5. The second-order valence-corrected chi connectivity index (χ2v) is 5.16. The smallest absolute Gasteiger partial charge is 0.181 e. The van der Waals surface area contributed by atoms with Gasteiger partial charge in [-0.25, -0.2) is 14.4 Å². The lowest BCUT2D eigenvalue weighted by Crippen LogP contribution is -1.99. The summed E-state index contributed by atoms with van der Waals surface area (Å²) in [5.74, 6) is 0.296. The summed E-state index contributed by atoms with van der Waals surface area (Å²) >= 11 is 11.7. The molecule has 4 nitrogen and oxygen atoms in total. The second-order valence-electron chi connectivity index (χ2n) is 4.37. The van der Waals surface area contributed by atoms with Crippen LogP contribution in [0.5, 0.6) is 0 Å². The Hall–Kier alpha value is -2.24. The molecular weight excluding hydrogens is 326 g/mol. The van der Waals surface area contributed by atoms with Gasteiger partial charge >= 0.3 is 0 Å². The molecule has 0 fully saturated rings. The fraction of sp³-hybridized carbons (Fsp3) is 0. The third-order valence-electron chi connectivity index (χ3n) is 2.78. The predicted octanol–water partition coefficient (Wildman–Crippen LogP) is 4.73. The minimum absolute atomic E-state index is 0.0560. The number of hydrogen-bond donors (Lipinski definition) is 1.